The molecule has 0 aromatic rings. The van der Waals surface area contributed by atoms with Crippen LogP contribution in [0.4, 0.5) is 0 Å². The number of hydrogen-bond donors (Lipinski definition) is 0. The third kappa shape index (κ3) is 5.64. The second kappa shape index (κ2) is 8.28. The summed E-state index contributed by atoms with van der Waals surface area (Å²) >= 11 is 0. The second-order valence-corrected chi connectivity index (χ2v) is 4.64. The lowest BCUT2D eigenvalue weighted by molar-refractivity contribution is 0.0825. The van der Waals surface area contributed by atoms with Gasteiger partial charge in [-0.1, -0.05) is 45.4 Å². The van der Waals surface area contributed by atoms with Crippen molar-refractivity contribution in [2.75, 3.05) is 13.2 Å². The van der Waals surface area contributed by atoms with Crippen LogP contribution in [0.2, 0.25) is 0 Å². The van der Waals surface area contributed by atoms with Gasteiger partial charge < -0.3 is 4.74 Å². The van der Waals surface area contributed by atoms with Gasteiger partial charge in [0.1, 0.15) is 0 Å². The van der Waals surface area contributed by atoms with Crippen molar-refractivity contribution >= 4 is 0 Å². The van der Waals surface area contributed by atoms with E-state index >= 15 is 0 Å². The van der Waals surface area contributed by atoms with E-state index in [0.29, 0.717) is 0 Å². The van der Waals surface area contributed by atoms with Crippen LogP contribution in [-0.2, 0) is 4.74 Å². The normalized spacial score (nSPS) is 18.6. The van der Waals surface area contributed by atoms with Gasteiger partial charge in [-0.05, 0) is 25.2 Å². The summed E-state index contributed by atoms with van der Waals surface area (Å²) in [4.78, 5) is 0. The summed E-state index contributed by atoms with van der Waals surface area (Å²) in [6.45, 7) is 4.28. The molecular weight excluding hydrogens is 172 g/mol. The molecule has 14 heavy (non-hydrogen) atoms. The maximum Gasteiger partial charge on any atom is 0.0494 e. The summed E-state index contributed by atoms with van der Waals surface area (Å²) in [5.74, 6) is 0.884. The van der Waals surface area contributed by atoms with Gasteiger partial charge in [-0.3, -0.25) is 0 Å². The van der Waals surface area contributed by atoms with Gasteiger partial charge in [0, 0.05) is 13.2 Å². The lowest BCUT2D eigenvalue weighted by atomic mass is 9.90. The first-order valence-corrected chi connectivity index (χ1v) is 6.51. The highest BCUT2D eigenvalue weighted by Gasteiger charge is 2.12. The van der Waals surface area contributed by atoms with E-state index in [-0.39, 0.29) is 0 Å². The van der Waals surface area contributed by atoms with Crippen LogP contribution in [0, 0.1) is 5.92 Å². The molecule has 0 N–H and O–H groups in total. The summed E-state index contributed by atoms with van der Waals surface area (Å²) < 4.78 is 5.72. The van der Waals surface area contributed by atoms with Crippen LogP contribution in [0.25, 0.3) is 0 Å². The van der Waals surface area contributed by atoms with Crippen molar-refractivity contribution in [3.63, 3.8) is 0 Å². The minimum Gasteiger partial charge on any atom is -0.381 e. The highest BCUT2D eigenvalue weighted by Crippen LogP contribution is 2.23. The minimum atomic E-state index is 0.884. The van der Waals surface area contributed by atoms with Crippen LogP contribution in [-0.4, -0.2) is 13.2 Å². The predicted molar refractivity (Wildman–Crippen MR) is 61.5 cm³/mol. The molecule has 0 aromatic heterocycles. The van der Waals surface area contributed by atoms with Crippen molar-refractivity contribution in [3.05, 3.63) is 0 Å². The van der Waals surface area contributed by atoms with E-state index in [1.807, 2.05) is 0 Å². The first-order valence-electron chi connectivity index (χ1n) is 6.51. The summed E-state index contributed by atoms with van der Waals surface area (Å²) in [7, 11) is 0. The smallest absolute Gasteiger partial charge is 0.0494 e. The first-order chi connectivity index (χ1) is 6.93. The molecule has 1 saturated carbocycles. The fourth-order valence-corrected chi connectivity index (χ4v) is 2.23. The summed E-state index contributed by atoms with van der Waals surface area (Å²) in [6.07, 6.45) is 12.4. The molecule has 84 valence electrons. The molecular formula is C13H26O. The number of hydrogen-bond acceptors (Lipinski definition) is 1. The Morgan fingerprint density at radius 2 is 1.79 bits per heavy atom. The van der Waals surface area contributed by atoms with Crippen molar-refractivity contribution in [1.82, 2.24) is 0 Å². The zero-order chi connectivity index (χ0) is 10.1. The Morgan fingerprint density at radius 3 is 2.50 bits per heavy atom. The fourth-order valence-electron chi connectivity index (χ4n) is 2.23. The average molecular weight is 198 g/mol. The van der Waals surface area contributed by atoms with Gasteiger partial charge in [0.15, 0.2) is 0 Å². The second-order valence-electron chi connectivity index (χ2n) is 4.64. The summed E-state index contributed by atoms with van der Waals surface area (Å²) in [5, 5.41) is 0. The van der Waals surface area contributed by atoms with Crippen LogP contribution in [0.5, 0.6) is 0 Å². The fraction of sp³-hybridized carbons (Fsp3) is 1.00. The van der Waals surface area contributed by atoms with E-state index in [2.05, 4.69) is 6.92 Å². The topological polar surface area (TPSA) is 9.23 Å². The van der Waals surface area contributed by atoms with Crippen LogP contribution in [0.3, 0.4) is 0 Å². The van der Waals surface area contributed by atoms with Gasteiger partial charge in [0.05, 0.1) is 0 Å². The van der Waals surface area contributed by atoms with Gasteiger partial charge in [0.25, 0.3) is 0 Å². The molecule has 1 aliphatic rings. The molecule has 0 aromatic carbocycles. The summed E-state index contributed by atoms with van der Waals surface area (Å²) in [6, 6.07) is 0. The molecule has 1 heteroatoms. The highest BCUT2D eigenvalue weighted by atomic mass is 16.5. The molecule has 0 unspecified atom stereocenters. The van der Waals surface area contributed by atoms with Crippen molar-refractivity contribution in [2.24, 2.45) is 5.92 Å². The maximum atomic E-state index is 5.72. The standard InChI is InChI=1S/C13H26O/c1-2-3-4-8-11-14-12-13-9-6-5-7-10-13/h13H,2-12H2,1H3. The zero-order valence-electron chi connectivity index (χ0n) is 9.76. The molecule has 1 nitrogen and oxygen atoms in total. The first kappa shape index (κ1) is 12.0. The Morgan fingerprint density at radius 1 is 1.00 bits per heavy atom. The van der Waals surface area contributed by atoms with E-state index in [1.54, 1.807) is 0 Å². The molecule has 0 atom stereocenters. The predicted octanol–water partition coefficient (Wildman–Crippen LogP) is 4.16. The Labute approximate surface area is 89.2 Å². The Balaban J connectivity index is 1.82. The van der Waals surface area contributed by atoms with E-state index in [0.717, 1.165) is 19.1 Å². The van der Waals surface area contributed by atoms with Gasteiger partial charge in [0.2, 0.25) is 0 Å². The van der Waals surface area contributed by atoms with Gasteiger partial charge in [-0.25, -0.2) is 0 Å². The molecule has 0 saturated heterocycles. The number of unbranched alkanes of at least 4 members (excludes halogenated alkanes) is 3. The minimum absolute atomic E-state index is 0.884. The lowest BCUT2D eigenvalue weighted by Gasteiger charge is -2.21. The quantitative estimate of drug-likeness (QED) is 0.558. The van der Waals surface area contributed by atoms with Crippen molar-refractivity contribution in [1.29, 1.82) is 0 Å². The molecule has 0 bridgehead atoms. The molecule has 1 rings (SSSR count). The summed E-state index contributed by atoms with van der Waals surface area (Å²) in [5.41, 5.74) is 0. The van der Waals surface area contributed by atoms with Gasteiger partial charge in [-0.15, -0.1) is 0 Å². The van der Waals surface area contributed by atoms with Crippen LogP contribution < -0.4 is 0 Å². The van der Waals surface area contributed by atoms with E-state index in [1.165, 1.54) is 57.8 Å². The van der Waals surface area contributed by atoms with Crippen molar-refractivity contribution in [2.45, 2.75) is 64.7 Å². The van der Waals surface area contributed by atoms with E-state index < -0.39 is 0 Å². The Kier molecular flexibility index (Phi) is 7.12. The largest absolute Gasteiger partial charge is 0.381 e. The number of rotatable bonds is 7. The lowest BCUT2D eigenvalue weighted by Crippen LogP contribution is -2.13. The molecule has 1 aliphatic carbocycles. The van der Waals surface area contributed by atoms with Crippen LogP contribution >= 0.6 is 0 Å². The molecule has 0 spiro atoms. The van der Waals surface area contributed by atoms with Gasteiger partial charge in [-0.2, -0.15) is 0 Å². The molecule has 0 aliphatic heterocycles. The van der Waals surface area contributed by atoms with Gasteiger partial charge >= 0.3 is 0 Å². The SMILES string of the molecule is CCCCCCOCC1CCCCC1. The van der Waals surface area contributed by atoms with E-state index in [9.17, 15) is 0 Å². The average Bonchev–Trinajstić information content (AvgIpc) is 2.25. The third-order valence-corrected chi connectivity index (χ3v) is 3.22. The van der Waals surface area contributed by atoms with Crippen molar-refractivity contribution < 1.29 is 4.74 Å². The Bertz CT molecular complexity index is 116. The van der Waals surface area contributed by atoms with Crippen molar-refractivity contribution in [3.8, 4) is 0 Å². The van der Waals surface area contributed by atoms with E-state index in [4.69, 9.17) is 4.74 Å². The third-order valence-electron chi connectivity index (χ3n) is 3.22. The van der Waals surface area contributed by atoms with Crippen LogP contribution in [0.1, 0.15) is 64.7 Å². The maximum absolute atomic E-state index is 5.72. The molecule has 0 heterocycles. The molecule has 0 amide bonds. The zero-order valence-corrected chi connectivity index (χ0v) is 9.76. The Hall–Kier alpha value is -0.0400. The number of ether oxygens (including phenoxy) is 1. The molecule has 1 fully saturated rings. The molecule has 0 radical (unpaired) electrons. The highest BCUT2D eigenvalue weighted by molar-refractivity contribution is 4.64. The monoisotopic (exact) mass is 198 g/mol. The van der Waals surface area contributed by atoms with Crippen LogP contribution in [0.15, 0.2) is 0 Å².